The van der Waals surface area contributed by atoms with Gasteiger partial charge in [0.05, 0.1) is 6.54 Å². The zero-order valence-electron chi connectivity index (χ0n) is 11.8. The van der Waals surface area contributed by atoms with Crippen LogP contribution in [0.1, 0.15) is 48.0 Å². The van der Waals surface area contributed by atoms with E-state index in [9.17, 15) is 4.79 Å². The van der Waals surface area contributed by atoms with E-state index < -0.39 is 0 Å². The highest BCUT2D eigenvalue weighted by Crippen LogP contribution is 2.36. The second kappa shape index (κ2) is 5.46. The molecule has 2 nitrogen and oxygen atoms in total. The van der Waals surface area contributed by atoms with Crippen LogP contribution in [0.25, 0.3) is 0 Å². The molecule has 0 bridgehead atoms. The van der Waals surface area contributed by atoms with Crippen LogP contribution in [-0.2, 0) is 0 Å². The van der Waals surface area contributed by atoms with Crippen molar-refractivity contribution in [1.82, 2.24) is 4.90 Å². The van der Waals surface area contributed by atoms with E-state index in [0.29, 0.717) is 18.4 Å². The number of aryl methyl sites for hydroxylation is 1. The van der Waals surface area contributed by atoms with Gasteiger partial charge in [0.15, 0.2) is 5.78 Å². The zero-order valence-corrected chi connectivity index (χ0v) is 11.8. The monoisotopic (exact) mass is 257 g/mol. The summed E-state index contributed by atoms with van der Waals surface area (Å²) in [6.07, 6.45) is 6.70. The van der Waals surface area contributed by atoms with Crippen LogP contribution in [-0.4, -0.2) is 29.8 Å². The second-order valence-electron chi connectivity index (χ2n) is 6.11. The maximum atomic E-state index is 12.5. The van der Waals surface area contributed by atoms with Crippen LogP contribution in [0.4, 0.5) is 0 Å². The van der Waals surface area contributed by atoms with Crippen LogP contribution in [0.3, 0.4) is 0 Å². The van der Waals surface area contributed by atoms with E-state index in [1.165, 1.54) is 32.1 Å². The molecule has 1 aliphatic carbocycles. The van der Waals surface area contributed by atoms with Gasteiger partial charge in [-0.15, -0.1) is 0 Å². The number of carbonyl (C=O) groups is 1. The summed E-state index contributed by atoms with van der Waals surface area (Å²) in [7, 11) is 0. The fourth-order valence-corrected chi connectivity index (χ4v) is 3.85. The summed E-state index contributed by atoms with van der Waals surface area (Å²) >= 11 is 0. The van der Waals surface area contributed by atoms with Crippen molar-refractivity contribution in [1.29, 1.82) is 0 Å². The molecule has 1 aliphatic heterocycles. The predicted molar refractivity (Wildman–Crippen MR) is 77.4 cm³/mol. The number of nitrogens with zero attached hydrogens (tertiary/aromatic N) is 1. The van der Waals surface area contributed by atoms with E-state index in [0.717, 1.165) is 23.6 Å². The molecule has 19 heavy (non-hydrogen) atoms. The van der Waals surface area contributed by atoms with Crippen molar-refractivity contribution in [2.45, 2.75) is 45.1 Å². The summed E-state index contributed by atoms with van der Waals surface area (Å²) in [6, 6.07) is 8.64. The molecule has 2 unspecified atom stereocenters. The molecule has 3 rings (SSSR count). The Hall–Kier alpha value is -1.15. The van der Waals surface area contributed by atoms with Gasteiger partial charge >= 0.3 is 0 Å². The molecule has 0 aromatic heterocycles. The average Bonchev–Trinajstić information content (AvgIpc) is 2.83. The Kier molecular flexibility index (Phi) is 3.69. The largest absolute Gasteiger partial charge is 0.293 e. The predicted octanol–water partition coefficient (Wildman–Crippen LogP) is 3.44. The Labute approximate surface area is 115 Å². The lowest BCUT2D eigenvalue weighted by Gasteiger charge is -2.31. The smallest absolute Gasteiger partial charge is 0.177 e. The van der Waals surface area contributed by atoms with Crippen molar-refractivity contribution in [3.05, 3.63) is 35.4 Å². The molecular weight excluding hydrogens is 234 g/mol. The maximum absolute atomic E-state index is 12.5. The number of benzene rings is 1. The quantitative estimate of drug-likeness (QED) is 0.773. The molecule has 0 N–H and O–H groups in total. The number of likely N-dealkylation sites (tertiary alicyclic amines) is 1. The van der Waals surface area contributed by atoms with E-state index in [1.807, 2.05) is 31.2 Å². The van der Waals surface area contributed by atoms with Gasteiger partial charge in [0.1, 0.15) is 0 Å². The molecule has 1 aromatic rings. The first kappa shape index (κ1) is 12.9. The van der Waals surface area contributed by atoms with Gasteiger partial charge in [0, 0.05) is 11.6 Å². The van der Waals surface area contributed by atoms with Crippen molar-refractivity contribution in [2.75, 3.05) is 13.1 Å². The van der Waals surface area contributed by atoms with E-state index in [-0.39, 0.29) is 0 Å². The SMILES string of the molecule is Cc1ccccc1C(=O)CN1CCC2CCCCC21. The number of hydrogen-bond donors (Lipinski definition) is 0. The topological polar surface area (TPSA) is 20.3 Å². The average molecular weight is 257 g/mol. The van der Waals surface area contributed by atoms with E-state index in [2.05, 4.69) is 4.90 Å². The molecule has 0 radical (unpaired) electrons. The van der Waals surface area contributed by atoms with Crippen LogP contribution in [0, 0.1) is 12.8 Å². The lowest BCUT2D eigenvalue weighted by atomic mass is 9.85. The second-order valence-corrected chi connectivity index (χ2v) is 6.11. The minimum atomic E-state index is 0.296. The van der Waals surface area contributed by atoms with Gasteiger partial charge in [-0.1, -0.05) is 37.1 Å². The Morgan fingerprint density at radius 3 is 2.84 bits per heavy atom. The van der Waals surface area contributed by atoms with Gasteiger partial charge in [0.25, 0.3) is 0 Å². The number of Topliss-reactive ketones (excluding diaryl/α,β-unsaturated/α-hetero) is 1. The van der Waals surface area contributed by atoms with Crippen LogP contribution >= 0.6 is 0 Å². The molecule has 0 spiro atoms. The Morgan fingerprint density at radius 2 is 2.00 bits per heavy atom. The third kappa shape index (κ3) is 2.59. The minimum Gasteiger partial charge on any atom is -0.293 e. The first-order valence-electron chi connectivity index (χ1n) is 7.58. The van der Waals surface area contributed by atoms with E-state index >= 15 is 0 Å². The highest BCUT2D eigenvalue weighted by Gasteiger charge is 2.36. The van der Waals surface area contributed by atoms with Gasteiger partial charge in [-0.3, -0.25) is 9.69 Å². The molecule has 1 saturated heterocycles. The van der Waals surface area contributed by atoms with Gasteiger partial charge in [-0.05, 0) is 44.2 Å². The molecule has 102 valence electrons. The molecule has 2 fully saturated rings. The molecule has 2 aliphatic rings. The summed E-state index contributed by atoms with van der Waals surface area (Å²) in [5.41, 5.74) is 2.01. The molecular formula is C17H23NO. The van der Waals surface area contributed by atoms with Gasteiger partial charge in [-0.25, -0.2) is 0 Å². The van der Waals surface area contributed by atoms with Crippen molar-refractivity contribution >= 4 is 5.78 Å². The van der Waals surface area contributed by atoms with Crippen LogP contribution in [0.5, 0.6) is 0 Å². The molecule has 1 aromatic carbocycles. The van der Waals surface area contributed by atoms with Gasteiger partial charge in [0.2, 0.25) is 0 Å². The zero-order chi connectivity index (χ0) is 13.2. The number of carbonyl (C=O) groups excluding carboxylic acids is 1. The van der Waals surface area contributed by atoms with Crippen LogP contribution in [0.15, 0.2) is 24.3 Å². The summed E-state index contributed by atoms with van der Waals surface area (Å²) in [6.45, 7) is 3.76. The van der Waals surface area contributed by atoms with Crippen molar-refractivity contribution in [3.8, 4) is 0 Å². The highest BCUT2D eigenvalue weighted by molar-refractivity contribution is 5.98. The Balaban J connectivity index is 1.68. The summed E-state index contributed by atoms with van der Waals surface area (Å²) < 4.78 is 0. The first-order valence-corrected chi connectivity index (χ1v) is 7.58. The summed E-state index contributed by atoms with van der Waals surface area (Å²) in [5.74, 6) is 1.16. The van der Waals surface area contributed by atoms with E-state index in [4.69, 9.17) is 0 Å². The van der Waals surface area contributed by atoms with Crippen molar-refractivity contribution in [3.63, 3.8) is 0 Å². The highest BCUT2D eigenvalue weighted by atomic mass is 16.1. The molecule has 2 heteroatoms. The van der Waals surface area contributed by atoms with Crippen LogP contribution < -0.4 is 0 Å². The Morgan fingerprint density at radius 1 is 1.21 bits per heavy atom. The normalized spacial score (nSPS) is 27.2. The van der Waals surface area contributed by atoms with Gasteiger partial charge < -0.3 is 0 Å². The summed E-state index contributed by atoms with van der Waals surface area (Å²) in [4.78, 5) is 14.9. The molecule has 1 heterocycles. The number of ketones is 1. The standard InChI is InChI=1S/C17H23NO/c1-13-6-2-4-8-15(13)17(19)12-18-11-10-14-7-3-5-9-16(14)18/h2,4,6,8,14,16H,3,5,7,9-12H2,1H3. The minimum absolute atomic E-state index is 0.296. The third-order valence-electron chi connectivity index (χ3n) is 4.92. The first-order chi connectivity index (χ1) is 9.25. The fraction of sp³-hybridized carbons (Fsp3) is 0.588. The number of hydrogen-bond acceptors (Lipinski definition) is 2. The lowest BCUT2D eigenvalue weighted by molar-refractivity contribution is 0.0895. The molecule has 1 saturated carbocycles. The summed E-state index contributed by atoms with van der Waals surface area (Å²) in [5, 5.41) is 0. The molecule has 0 amide bonds. The number of fused-ring (bicyclic) bond motifs is 1. The van der Waals surface area contributed by atoms with Crippen LogP contribution in [0.2, 0.25) is 0 Å². The third-order valence-corrected chi connectivity index (χ3v) is 4.92. The molecule has 2 atom stereocenters. The van der Waals surface area contributed by atoms with Crippen molar-refractivity contribution < 1.29 is 4.79 Å². The lowest BCUT2D eigenvalue weighted by Crippen LogP contribution is -2.38. The van der Waals surface area contributed by atoms with Crippen molar-refractivity contribution in [2.24, 2.45) is 5.92 Å². The van der Waals surface area contributed by atoms with E-state index in [1.54, 1.807) is 0 Å². The van der Waals surface area contributed by atoms with Gasteiger partial charge in [-0.2, -0.15) is 0 Å². The number of rotatable bonds is 3. The Bertz CT molecular complexity index is 468. The maximum Gasteiger partial charge on any atom is 0.177 e. The fourth-order valence-electron chi connectivity index (χ4n) is 3.85.